The zero-order valence-electron chi connectivity index (χ0n) is 21.0. The smallest absolute Gasteiger partial charge is 0.475 e. The maximum atomic E-state index is 13.2. The molecule has 202 valence electrons. The van der Waals surface area contributed by atoms with Crippen molar-refractivity contribution in [2.75, 3.05) is 52.4 Å². The van der Waals surface area contributed by atoms with Crippen LogP contribution in [0, 0.1) is 6.92 Å². The SMILES string of the molecule is Cc1cccc(C(=O)N(CCC(=O)N2CCNCC2)CCN2CCCCC2C)c1.O=C(O)C(F)(F)F. The molecule has 2 heterocycles. The lowest BCUT2D eigenvalue weighted by molar-refractivity contribution is -0.192. The fourth-order valence-corrected chi connectivity index (χ4v) is 4.32. The Balaban J connectivity index is 0.000000572. The number of hydrogen-bond acceptors (Lipinski definition) is 5. The summed E-state index contributed by atoms with van der Waals surface area (Å²) in [6, 6.07) is 8.33. The highest BCUT2D eigenvalue weighted by Gasteiger charge is 2.38. The predicted molar refractivity (Wildman–Crippen MR) is 130 cm³/mol. The lowest BCUT2D eigenvalue weighted by Gasteiger charge is -2.35. The molecule has 0 spiro atoms. The van der Waals surface area contributed by atoms with Crippen LogP contribution in [0.15, 0.2) is 24.3 Å². The number of carbonyl (C=O) groups excluding carboxylic acids is 2. The minimum Gasteiger partial charge on any atom is -0.475 e. The van der Waals surface area contributed by atoms with E-state index in [1.54, 1.807) is 0 Å². The van der Waals surface area contributed by atoms with Gasteiger partial charge < -0.3 is 20.2 Å². The third-order valence-corrected chi connectivity index (χ3v) is 6.46. The van der Waals surface area contributed by atoms with Gasteiger partial charge in [-0.25, -0.2) is 4.79 Å². The highest BCUT2D eigenvalue weighted by atomic mass is 19.4. The number of likely N-dealkylation sites (tertiary alicyclic amines) is 1. The second-order valence-corrected chi connectivity index (χ2v) is 9.23. The fourth-order valence-electron chi connectivity index (χ4n) is 4.32. The van der Waals surface area contributed by atoms with E-state index in [0.717, 1.165) is 44.8 Å². The molecule has 1 atom stereocenters. The fraction of sp³-hybridized carbons (Fsp3) is 0.640. The van der Waals surface area contributed by atoms with Gasteiger partial charge in [0.25, 0.3) is 5.91 Å². The van der Waals surface area contributed by atoms with Crippen molar-refractivity contribution in [1.82, 2.24) is 20.0 Å². The summed E-state index contributed by atoms with van der Waals surface area (Å²) in [5, 5.41) is 10.4. The van der Waals surface area contributed by atoms with Crippen molar-refractivity contribution in [1.29, 1.82) is 0 Å². The third-order valence-electron chi connectivity index (χ3n) is 6.46. The molecule has 11 heteroatoms. The number of rotatable bonds is 7. The lowest BCUT2D eigenvalue weighted by atomic mass is 10.0. The number of piperazine rings is 1. The van der Waals surface area contributed by atoms with E-state index in [9.17, 15) is 22.8 Å². The van der Waals surface area contributed by atoms with E-state index in [0.29, 0.717) is 31.1 Å². The van der Waals surface area contributed by atoms with Gasteiger partial charge in [-0.05, 0) is 45.4 Å². The van der Waals surface area contributed by atoms with Crippen LogP contribution in [0.5, 0.6) is 0 Å². The maximum absolute atomic E-state index is 13.2. The van der Waals surface area contributed by atoms with Crippen molar-refractivity contribution in [2.24, 2.45) is 0 Å². The summed E-state index contributed by atoms with van der Waals surface area (Å²) in [6.07, 6.45) is -0.930. The van der Waals surface area contributed by atoms with Gasteiger partial charge in [0.15, 0.2) is 0 Å². The Bertz CT molecular complexity index is 875. The Morgan fingerprint density at radius 3 is 2.36 bits per heavy atom. The normalized spacial score (nSPS) is 18.7. The molecule has 1 unspecified atom stereocenters. The van der Waals surface area contributed by atoms with Crippen LogP contribution < -0.4 is 5.32 Å². The lowest BCUT2D eigenvalue weighted by Crippen LogP contribution is -2.48. The molecule has 8 nitrogen and oxygen atoms in total. The molecule has 2 fully saturated rings. The number of aryl methyl sites for hydroxylation is 1. The predicted octanol–water partition coefficient (Wildman–Crippen LogP) is 2.77. The molecule has 0 bridgehead atoms. The molecule has 1 aromatic carbocycles. The Morgan fingerprint density at radius 2 is 1.78 bits per heavy atom. The number of alkyl halides is 3. The maximum Gasteiger partial charge on any atom is 0.490 e. The largest absolute Gasteiger partial charge is 0.490 e. The van der Waals surface area contributed by atoms with E-state index in [1.165, 1.54) is 19.3 Å². The molecule has 2 aliphatic rings. The van der Waals surface area contributed by atoms with Gasteiger partial charge in [0, 0.05) is 63.8 Å². The van der Waals surface area contributed by atoms with Crippen LogP contribution in [0.3, 0.4) is 0 Å². The Hall–Kier alpha value is -2.66. The number of nitrogens with one attached hydrogen (secondary N) is 1. The summed E-state index contributed by atoms with van der Waals surface area (Å²) in [5.74, 6) is -2.57. The van der Waals surface area contributed by atoms with Gasteiger partial charge in [-0.3, -0.25) is 14.5 Å². The number of halogens is 3. The van der Waals surface area contributed by atoms with Gasteiger partial charge in [0.1, 0.15) is 0 Å². The first kappa shape index (κ1) is 29.6. The van der Waals surface area contributed by atoms with Crippen molar-refractivity contribution >= 4 is 17.8 Å². The summed E-state index contributed by atoms with van der Waals surface area (Å²) in [4.78, 5) is 41.0. The summed E-state index contributed by atoms with van der Waals surface area (Å²) in [6.45, 7) is 10.6. The molecule has 2 amide bonds. The standard InChI is InChI=1S/C23H36N4O2.C2HF3O2/c1-19-6-5-8-21(18-19)23(29)27(17-16-25-12-4-3-7-20(25)2)13-9-22(28)26-14-10-24-11-15-26;3-2(4,5)1(6)7/h5-6,8,18,20,24H,3-4,7,9-17H2,1-2H3;(H,6,7). The molecule has 0 aromatic heterocycles. The number of nitrogens with zero attached hydrogens (tertiary/aromatic N) is 3. The number of piperidine rings is 1. The molecule has 0 aliphatic carbocycles. The summed E-state index contributed by atoms with van der Waals surface area (Å²) >= 11 is 0. The minimum absolute atomic E-state index is 0.0338. The first-order valence-electron chi connectivity index (χ1n) is 12.4. The Kier molecular flexibility index (Phi) is 11.6. The Morgan fingerprint density at radius 1 is 1.11 bits per heavy atom. The summed E-state index contributed by atoms with van der Waals surface area (Å²) in [7, 11) is 0. The van der Waals surface area contributed by atoms with Crippen LogP contribution in [-0.2, 0) is 9.59 Å². The van der Waals surface area contributed by atoms with E-state index in [4.69, 9.17) is 9.90 Å². The highest BCUT2D eigenvalue weighted by Crippen LogP contribution is 2.17. The molecule has 2 saturated heterocycles. The van der Waals surface area contributed by atoms with Crippen LogP contribution in [0.25, 0.3) is 0 Å². The van der Waals surface area contributed by atoms with Crippen molar-refractivity contribution in [3.05, 3.63) is 35.4 Å². The first-order chi connectivity index (χ1) is 17.0. The van der Waals surface area contributed by atoms with Crippen molar-refractivity contribution < 1.29 is 32.7 Å². The van der Waals surface area contributed by atoms with Gasteiger partial charge in [0.05, 0.1) is 0 Å². The molecular formula is C25H37F3N4O4. The van der Waals surface area contributed by atoms with Crippen LogP contribution >= 0.6 is 0 Å². The molecule has 3 rings (SSSR count). The number of hydrogen-bond donors (Lipinski definition) is 2. The minimum atomic E-state index is -5.08. The van der Waals surface area contributed by atoms with Crippen molar-refractivity contribution in [3.63, 3.8) is 0 Å². The van der Waals surface area contributed by atoms with Crippen molar-refractivity contribution in [2.45, 2.75) is 51.7 Å². The van der Waals surface area contributed by atoms with Gasteiger partial charge in [-0.1, -0.05) is 24.1 Å². The molecule has 2 aliphatic heterocycles. The molecule has 36 heavy (non-hydrogen) atoms. The first-order valence-corrected chi connectivity index (χ1v) is 12.4. The second kappa shape index (κ2) is 14.2. The average molecular weight is 515 g/mol. The van der Waals surface area contributed by atoms with Crippen LogP contribution in [0.2, 0.25) is 0 Å². The molecular weight excluding hydrogens is 477 g/mol. The molecule has 2 N–H and O–H groups in total. The monoisotopic (exact) mass is 514 g/mol. The average Bonchev–Trinajstić information content (AvgIpc) is 2.85. The Labute approximate surface area is 210 Å². The van der Waals surface area contributed by atoms with Gasteiger partial charge in [0.2, 0.25) is 5.91 Å². The third kappa shape index (κ3) is 9.77. The van der Waals surface area contributed by atoms with E-state index < -0.39 is 12.1 Å². The number of amides is 2. The number of benzene rings is 1. The summed E-state index contributed by atoms with van der Waals surface area (Å²) in [5.41, 5.74) is 1.80. The molecule has 1 aromatic rings. The quantitative estimate of drug-likeness (QED) is 0.582. The van der Waals surface area contributed by atoms with E-state index in [1.807, 2.05) is 41.0 Å². The van der Waals surface area contributed by atoms with Gasteiger partial charge >= 0.3 is 12.1 Å². The van der Waals surface area contributed by atoms with E-state index in [2.05, 4.69) is 17.1 Å². The van der Waals surface area contributed by atoms with Gasteiger partial charge in [-0.15, -0.1) is 0 Å². The van der Waals surface area contributed by atoms with Crippen molar-refractivity contribution in [3.8, 4) is 0 Å². The second-order valence-electron chi connectivity index (χ2n) is 9.23. The van der Waals surface area contributed by atoms with E-state index in [-0.39, 0.29) is 11.8 Å². The zero-order valence-corrected chi connectivity index (χ0v) is 21.0. The van der Waals surface area contributed by atoms with Crippen LogP contribution in [-0.4, -0.2) is 102 Å². The molecule has 0 saturated carbocycles. The van der Waals surface area contributed by atoms with Gasteiger partial charge in [-0.2, -0.15) is 13.2 Å². The number of carbonyl (C=O) groups is 3. The number of carboxylic acid groups (broad SMARTS) is 1. The van der Waals surface area contributed by atoms with E-state index >= 15 is 0 Å². The summed E-state index contributed by atoms with van der Waals surface area (Å²) < 4.78 is 31.7. The highest BCUT2D eigenvalue weighted by molar-refractivity contribution is 5.94. The van der Waals surface area contributed by atoms with Crippen LogP contribution in [0.4, 0.5) is 13.2 Å². The van der Waals surface area contributed by atoms with Crippen LogP contribution in [0.1, 0.15) is 48.5 Å². The molecule has 0 radical (unpaired) electrons. The topological polar surface area (TPSA) is 93.2 Å². The number of carboxylic acids is 1. The number of aliphatic carboxylic acids is 1. The zero-order chi connectivity index (χ0) is 26.7.